The van der Waals surface area contributed by atoms with Crippen molar-refractivity contribution in [1.82, 2.24) is 9.55 Å². The molecule has 0 bridgehead atoms. The highest BCUT2D eigenvalue weighted by molar-refractivity contribution is 5.89. The molecule has 0 fully saturated rings. The topological polar surface area (TPSA) is 27.1 Å². The number of aryl methyl sites for hydroxylation is 1. The van der Waals surface area contributed by atoms with Crippen LogP contribution in [0.3, 0.4) is 0 Å². The SMILES string of the molecule is Cc1c(C)n(Cc2ccccc2F)c2c(OCc3ccc(F)cc3)cncc12.Cl. The monoisotopic (exact) mass is 414 g/mol. The zero-order valence-electron chi connectivity index (χ0n) is 16.2. The third kappa shape index (κ3) is 4.10. The number of ether oxygens (including phenoxy) is 1. The van der Waals surface area contributed by atoms with E-state index in [9.17, 15) is 8.78 Å². The first-order chi connectivity index (χ1) is 13.5. The van der Waals surface area contributed by atoms with E-state index >= 15 is 0 Å². The van der Waals surface area contributed by atoms with E-state index in [4.69, 9.17) is 4.74 Å². The standard InChI is InChI=1S/C23H20F2N2O.ClH/c1-15-16(2)27(13-18-5-3-4-6-21(18)25)23-20(15)11-26-12-22(23)28-14-17-7-9-19(24)10-8-17;/h3-12H,13-14H2,1-2H3;1H. The van der Waals surface area contributed by atoms with Gasteiger partial charge in [-0.15, -0.1) is 12.4 Å². The van der Waals surface area contributed by atoms with Crippen molar-refractivity contribution in [2.45, 2.75) is 27.0 Å². The van der Waals surface area contributed by atoms with Crippen LogP contribution in [0.2, 0.25) is 0 Å². The van der Waals surface area contributed by atoms with Crippen LogP contribution < -0.4 is 4.74 Å². The molecule has 0 aliphatic rings. The Hall–Kier alpha value is -2.92. The van der Waals surface area contributed by atoms with Crippen molar-refractivity contribution in [3.8, 4) is 5.75 Å². The zero-order valence-corrected chi connectivity index (χ0v) is 17.0. The molecule has 0 amide bonds. The fourth-order valence-electron chi connectivity index (χ4n) is 3.39. The fraction of sp³-hybridized carbons (Fsp3) is 0.174. The Morgan fingerprint density at radius 1 is 0.966 bits per heavy atom. The molecule has 0 aliphatic carbocycles. The largest absolute Gasteiger partial charge is 0.485 e. The average Bonchev–Trinajstić information content (AvgIpc) is 2.95. The predicted molar refractivity (Wildman–Crippen MR) is 113 cm³/mol. The van der Waals surface area contributed by atoms with Gasteiger partial charge in [-0.1, -0.05) is 30.3 Å². The lowest BCUT2D eigenvalue weighted by Gasteiger charge is -2.13. The summed E-state index contributed by atoms with van der Waals surface area (Å²) in [6.07, 6.45) is 3.48. The number of nitrogens with zero attached hydrogens (tertiary/aromatic N) is 2. The Morgan fingerprint density at radius 3 is 2.41 bits per heavy atom. The highest BCUT2D eigenvalue weighted by Crippen LogP contribution is 2.32. The molecule has 3 nitrogen and oxygen atoms in total. The molecule has 4 rings (SSSR count). The second-order valence-corrected chi connectivity index (χ2v) is 6.84. The lowest BCUT2D eigenvalue weighted by atomic mass is 10.2. The maximum absolute atomic E-state index is 14.2. The average molecular weight is 415 g/mol. The Morgan fingerprint density at radius 2 is 1.69 bits per heavy atom. The van der Waals surface area contributed by atoms with Gasteiger partial charge in [0, 0.05) is 22.8 Å². The van der Waals surface area contributed by atoms with E-state index in [1.54, 1.807) is 36.7 Å². The van der Waals surface area contributed by atoms with Crippen LogP contribution in [-0.4, -0.2) is 9.55 Å². The molecule has 0 N–H and O–H groups in total. The molecule has 2 aromatic heterocycles. The van der Waals surface area contributed by atoms with Crippen LogP contribution in [0.1, 0.15) is 22.4 Å². The molecule has 0 radical (unpaired) electrons. The number of hydrogen-bond acceptors (Lipinski definition) is 2. The van der Waals surface area contributed by atoms with Crippen molar-refractivity contribution >= 4 is 23.3 Å². The van der Waals surface area contributed by atoms with Gasteiger partial charge >= 0.3 is 0 Å². The zero-order chi connectivity index (χ0) is 19.7. The summed E-state index contributed by atoms with van der Waals surface area (Å²) in [5.41, 5.74) is 4.49. The van der Waals surface area contributed by atoms with E-state index in [2.05, 4.69) is 9.55 Å². The van der Waals surface area contributed by atoms with Gasteiger partial charge in [0.05, 0.1) is 18.3 Å². The molecule has 6 heteroatoms. The van der Waals surface area contributed by atoms with Gasteiger partial charge < -0.3 is 9.30 Å². The van der Waals surface area contributed by atoms with Crippen molar-refractivity contribution < 1.29 is 13.5 Å². The fourth-order valence-corrected chi connectivity index (χ4v) is 3.39. The molecule has 0 unspecified atom stereocenters. The molecular weight excluding hydrogens is 394 g/mol. The Labute approximate surface area is 174 Å². The second kappa shape index (κ2) is 8.62. The maximum Gasteiger partial charge on any atom is 0.162 e. The summed E-state index contributed by atoms with van der Waals surface area (Å²) in [7, 11) is 0. The summed E-state index contributed by atoms with van der Waals surface area (Å²) in [5.74, 6) is 0.108. The molecule has 2 aromatic carbocycles. The number of rotatable bonds is 5. The molecule has 0 saturated heterocycles. The van der Waals surface area contributed by atoms with Crippen LogP contribution in [0.15, 0.2) is 60.9 Å². The van der Waals surface area contributed by atoms with Crippen molar-refractivity contribution in [3.05, 3.63) is 94.9 Å². The minimum atomic E-state index is -0.280. The van der Waals surface area contributed by atoms with Crippen LogP contribution >= 0.6 is 12.4 Å². The molecule has 4 aromatic rings. The lowest BCUT2D eigenvalue weighted by molar-refractivity contribution is 0.307. The van der Waals surface area contributed by atoms with Crippen molar-refractivity contribution in [2.24, 2.45) is 0 Å². The van der Waals surface area contributed by atoms with Crippen molar-refractivity contribution in [3.63, 3.8) is 0 Å². The van der Waals surface area contributed by atoms with Crippen LogP contribution in [0.4, 0.5) is 8.78 Å². The minimum absolute atomic E-state index is 0. The van der Waals surface area contributed by atoms with Gasteiger partial charge in [-0.05, 0) is 43.2 Å². The molecule has 0 atom stereocenters. The highest BCUT2D eigenvalue weighted by atomic mass is 35.5. The first-order valence-corrected chi connectivity index (χ1v) is 9.08. The lowest BCUT2D eigenvalue weighted by Crippen LogP contribution is -2.05. The summed E-state index contributed by atoms with van der Waals surface area (Å²) in [4.78, 5) is 4.31. The molecule has 0 spiro atoms. The Balaban J connectivity index is 0.00000240. The minimum Gasteiger partial charge on any atom is -0.485 e. The van der Waals surface area contributed by atoms with E-state index in [1.807, 2.05) is 19.9 Å². The summed E-state index contributed by atoms with van der Waals surface area (Å²) >= 11 is 0. The highest BCUT2D eigenvalue weighted by Gasteiger charge is 2.17. The Bertz CT molecular complexity index is 1140. The second-order valence-electron chi connectivity index (χ2n) is 6.84. The van der Waals surface area contributed by atoms with Crippen LogP contribution in [0, 0.1) is 25.5 Å². The van der Waals surface area contributed by atoms with E-state index in [0.717, 1.165) is 27.7 Å². The first-order valence-electron chi connectivity index (χ1n) is 9.08. The smallest absolute Gasteiger partial charge is 0.162 e. The third-order valence-corrected chi connectivity index (χ3v) is 5.10. The van der Waals surface area contributed by atoms with Crippen molar-refractivity contribution in [1.29, 1.82) is 0 Å². The quantitative estimate of drug-likeness (QED) is 0.401. The molecule has 150 valence electrons. The summed E-state index contributed by atoms with van der Waals surface area (Å²) in [6, 6.07) is 13.0. The van der Waals surface area contributed by atoms with Gasteiger partial charge in [0.2, 0.25) is 0 Å². The number of aromatic nitrogens is 2. The van der Waals surface area contributed by atoms with Crippen LogP contribution in [0.5, 0.6) is 5.75 Å². The molecule has 2 heterocycles. The van der Waals surface area contributed by atoms with Gasteiger partial charge in [-0.2, -0.15) is 0 Å². The van der Waals surface area contributed by atoms with Crippen LogP contribution in [-0.2, 0) is 13.2 Å². The summed E-state index contributed by atoms with van der Waals surface area (Å²) < 4.78 is 35.4. The number of hydrogen-bond donors (Lipinski definition) is 0. The van der Waals surface area contributed by atoms with Crippen molar-refractivity contribution in [2.75, 3.05) is 0 Å². The Kier molecular flexibility index (Phi) is 6.18. The number of benzene rings is 2. The van der Waals surface area contributed by atoms with Gasteiger partial charge in [0.15, 0.2) is 5.75 Å². The molecule has 0 aliphatic heterocycles. The molecule has 29 heavy (non-hydrogen) atoms. The van der Waals surface area contributed by atoms with E-state index < -0.39 is 0 Å². The molecular formula is C23H21ClF2N2O. The van der Waals surface area contributed by atoms with Gasteiger partial charge in [0.25, 0.3) is 0 Å². The number of pyridine rings is 1. The maximum atomic E-state index is 14.2. The summed E-state index contributed by atoms with van der Waals surface area (Å²) in [6.45, 7) is 4.74. The first kappa shape index (κ1) is 20.8. The molecule has 0 saturated carbocycles. The normalized spacial score (nSPS) is 10.8. The van der Waals surface area contributed by atoms with E-state index in [1.165, 1.54) is 18.2 Å². The number of halogens is 3. The van der Waals surface area contributed by atoms with Crippen LogP contribution in [0.25, 0.3) is 10.9 Å². The van der Waals surface area contributed by atoms with Gasteiger partial charge in [-0.25, -0.2) is 8.78 Å². The van der Waals surface area contributed by atoms with E-state index in [-0.39, 0.29) is 24.0 Å². The van der Waals surface area contributed by atoms with E-state index in [0.29, 0.717) is 24.5 Å². The van der Waals surface area contributed by atoms with Gasteiger partial charge in [-0.3, -0.25) is 4.98 Å². The number of fused-ring (bicyclic) bond motifs is 1. The predicted octanol–water partition coefficient (Wildman–Crippen LogP) is 5.98. The van der Waals surface area contributed by atoms with Gasteiger partial charge in [0.1, 0.15) is 18.2 Å². The summed E-state index contributed by atoms with van der Waals surface area (Å²) in [5, 5.41) is 0.977. The third-order valence-electron chi connectivity index (χ3n) is 5.10.